The van der Waals surface area contributed by atoms with Crippen molar-refractivity contribution >= 4 is 22.4 Å². The van der Waals surface area contributed by atoms with Gasteiger partial charge < -0.3 is 20.2 Å². The quantitative estimate of drug-likeness (QED) is 0.296. The number of hydrogen-bond acceptors (Lipinski definition) is 8. The molecule has 10 heteroatoms. The maximum absolute atomic E-state index is 13.6. The van der Waals surface area contributed by atoms with Gasteiger partial charge in [-0.1, -0.05) is 12.1 Å². The number of fused-ring (bicyclic) bond motifs is 1. The third-order valence-corrected chi connectivity index (χ3v) is 8.29. The van der Waals surface area contributed by atoms with E-state index in [0.29, 0.717) is 55.7 Å². The number of benzene rings is 1. The lowest BCUT2D eigenvalue weighted by atomic mass is 10.00. The summed E-state index contributed by atoms with van der Waals surface area (Å²) in [4.78, 5) is 9.88. The van der Waals surface area contributed by atoms with Crippen molar-refractivity contribution in [1.29, 1.82) is 0 Å². The van der Waals surface area contributed by atoms with Crippen molar-refractivity contribution in [3.8, 4) is 5.88 Å². The maximum Gasteiger partial charge on any atom is 0.232 e. The molecule has 1 unspecified atom stereocenters. The van der Waals surface area contributed by atoms with Crippen LogP contribution in [0.15, 0.2) is 47.5 Å². The number of hydrogen-bond donors (Lipinski definition) is 2. The smallest absolute Gasteiger partial charge is 0.232 e. The number of aryl methyl sites for hydroxylation is 1. The van der Waals surface area contributed by atoms with Crippen molar-refractivity contribution in [3.05, 3.63) is 70.7 Å². The highest BCUT2D eigenvalue weighted by Crippen LogP contribution is 2.35. The lowest BCUT2D eigenvalue weighted by Crippen LogP contribution is -2.60. The molecule has 2 aliphatic heterocycles. The monoisotopic (exact) mass is 508 g/mol. The van der Waals surface area contributed by atoms with E-state index in [9.17, 15) is 4.21 Å². The molecule has 3 aromatic rings. The third-order valence-electron chi connectivity index (χ3n) is 6.88. The zero-order valence-electron chi connectivity index (χ0n) is 20.9. The molecule has 4 N–H and O–H groups in total. The summed E-state index contributed by atoms with van der Waals surface area (Å²) in [5.74, 6) is 6.48. The zero-order chi connectivity index (χ0) is 25.4. The second-order valence-corrected chi connectivity index (χ2v) is 10.9. The summed E-state index contributed by atoms with van der Waals surface area (Å²) < 4.78 is 27.1. The third kappa shape index (κ3) is 4.57. The number of aromatic nitrogens is 2. The first-order valence-electron chi connectivity index (χ1n) is 12.0. The van der Waals surface area contributed by atoms with Gasteiger partial charge in [0.25, 0.3) is 0 Å². The molecule has 1 aromatic carbocycles. The van der Waals surface area contributed by atoms with E-state index in [1.807, 2.05) is 37.2 Å². The number of rotatable bonds is 6. The van der Waals surface area contributed by atoms with Gasteiger partial charge in [0.2, 0.25) is 5.88 Å². The van der Waals surface area contributed by atoms with Gasteiger partial charge in [-0.15, -0.1) is 0 Å². The van der Waals surface area contributed by atoms with Gasteiger partial charge in [0, 0.05) is 24.9 Å². The number of anilines is 2. The van der Waals surface area contributed by atoms with Crippen LogP contribution in [0.5, 0.6) is 5.88 Å². The Bertz CT molecular complexity index is 1310. The largest absolute Gasteiger partial charge is 0.464 e. The Morgan fingerprint density at radius 3 is 2.72 bits per heavy atom. The summed E-state index contributed by atoms with van der Waals surface area (Å²) >= 11 is 0. The van der Waals surface area contributed by atoms with E-state index in [0.717, 1.165) is 33.8 Å². The number of ether oxygens (including phenoxy) is 2. The van der Waals surface area contributed by atoms with Crippen molar-refractivity contribution in [2.75, 3.05) is 37.0 Å². The molecule has 2 aromatic heterocycles. The van der Waals surface area contributed by atoms with Crippen LogP contribution in [-0.2, 0) is 28.7 Å². The van der Waals surface area contributed by atoms with Gasteiger partial charge in [-0.3, -0.25) is 4.98 Å². The normalized spacial score (nSPS) is 18.7. The highest BCUT2D eigenvalue weighted by atomic mass is 32.2. The fraction of sp³-hybridized carbons (Fsp3) is 0.385. The highest BCUT2D eigenvalue weighted by molar-refractivity contribution is 7.82. The minimum Gasteiger partial charge on any atom is -0.464 e. The molecule has 0 saturated carbocycles. The molecular formula is C26H32N6O3S. The van der Waals surface area contributed by atoms with Gasteiger partial charge in [-0.05, 0) is 61.7 Å². The van der Waals surface area contributed by atoms with Crippen LogP contribution >= 0.6 is 0 Å². The number of hydrazine groups is 1. The molecule has 2 aliphatic rings. The van der Waals surface area contributed by atoms with Crippen LogP contribution in [0.1, 0.15) is 35.0 Å². The molecule has 1 atom stereocenters. The molecule has 36 heavy (non-hydrogen) atoms. The molecule has 0 bridgehead atoms. The Morgan fingerprint density at radius 2 is 2.00 bits per heavy atom. The number of nitrogens with zero attached hydrogens (tertiary/aromatic N) is 4. The fourth-order valence-electron chi connectivity index (χ4n) is 4.55. The van der Waals surface area contributed by atoms with E-state index in [2.05, 4.69) is 17.1 Å². The average molecular weight is 509 g/mol. The predicted octanol–water partition coefficient (Wildman–Crippen LogP) is 2.65. The highest BCUT2D eigenvalue weighted by Gasteiger charge is 2.47. The van der Waals surface area contributed by atoms with E-state index in [1.54, 1.807) is 23.3 Å². The van der Waals surface area contributed by atoms with Crippen molar-refractivity contribution in [1.82, 2.24) is 14.3 Å². The molecule has 190 valence electrons. The minimum atomic E-state index is -1.44. The van der Waals surface area contributed by atoms with Crippen LogP contribution in [0, 0.1) is 13.8 Å². The SMILES string of the molecule is CCN(N)c1ccc(Cc2ccc(C)c(CN3CC4(COC4)Oc4ncccc4S3=O)n2)c(C)c1N. The van der Waals surface area contributed by atoms with Gasteiger partial charge in [0.05, 0.1) is 43.4 Å². The Balaban J connectivity index is 1.41. The molecule has 0 aliphatic carbocycles. The molecule has 0 amide bonds. The minimum absolute atomic E-state index is 0.413. The lowest BCUT2D eigenvalue weighted by Gasteiger charge is -2.41. The Kier molecular flexibility index (Phi) is 6.69. The van der Waals surface area contributed by atoms with Crippen LogP contribution in [0.3, 0.4) is 0 Å². The Hall–Kier alpha value is -3.05. The van der Waals surface area contributed by atoms with Crippen LogP contribution in [0.2, 0.25) is 0 Å². The summed E-state index contributed by atoms with van der Waals surface area (Å²) in [5, 5.41) is 1.65. The van der Waals surface area contributed by atoms with Gasteiger partial charge in [0.15, 0.2) is 5.60 Å². The Labute approximate surface area is 214 Å². The van der Waals surface area contributed by atoms with Crippen molar-refractivity contribution in [3.63, 3.8) is 0 Å². The van der Waals surface area contributed by atoms with Gasteiger partial charge >= 0.3 is 0 Å². The Morgan fingerprint density at radius 1 is 1.19 bits per heavy atom. The number of pyridine rings is 2. The van der Waals surface area contributed by atoms with Crippen molar-refractivity contribution in [2.24, 2.45) is 5.84 Å². The van der Waals surface area contributed by atoms with Gasteiger partial charge in [-0.25, -0.2) is 19.3 Å². The first-order valence-corrected chi connectivity index (χ1v) is 13.1. The molecular weight excluding hydrogens is 476 g/mol. The molecule has 1 fully saturated rings. The molecule has 4 heterocycles. The number of nitrogen functional groups attached to an aromatic ring is 1. The summed E-state index contributed by atoms with van der Waals surface area (Å²) in [6.45, 7) is 8.46. The second kappa shape index (κ2) is 9.78. The van der Waals surface area contributed by atoms with Crippen LogP contribution in [0.25, 0.3) is 0 Å². The topological polar surface area (TPSA) is 120 Å². The second-order valence-electron chi connectivity index (χ2n) is 9.44. The van der Waals surface area contributed by atoms with Crippen molar-refractivity contribution < 1.29 is 13.7 Å². The summed E-state index contributed by atoms with van der Waals surface area (Å²) in [6.07, 6.45) is 2.29. The van der Waals surface area contributed by atoms with E-state index in [4.69, 9.17) is 26.0 Å². The lowest BCUT2D eigenvalue weighted by molar-refractivity contribution is -0.166. The molecule has 1 spiro atoms. The van der Waals surface area contributed by atoms with E-state index in [1.165, 1.54) is 0 Å². The zero-order valence-corrected chi connectivity index (χ0v) is 21.7. The first kappa shape index (κ1) is 24.6. The summed E-state index contributed by atoms with van der Waals surface area (Å²) in [7, 11) is -1.44. The van der Waals surface area contributed by atoms with Crippen LogP contribution in [0.4, 0.5) is 11.4 Å². The van der Waals surface area contributed by atoms with Crippen molar-refractivity contribution in [2.45, 2.75) is 44.2 Å². The predicted molar refractivity (Wildman–Crippen MR) is 140 cm³/mol. The number of nitrogens with two attached hydrogens (primary N) is 2. The summed E-state index contributed by atoms with van der Waals surface area (Å²) in [5.41, 5.74) is 12.3. The van der Waals surface area contributed by atoms with Crippen LogP contribution in [-0.4, -0.2) is 50.4 Å². The average Bonchev–Trinajstić information content (AvgIpc) is 2.98. The van der Waals surface area contributed by atoms with Gasteiger partial charge in [0.1, 0.15) is 15.9 Å². The van der Waals surface area contributed by atoms with E-state index in [-0.39, 0.29) is 0 Å². The standard InChI is InChI=1S/C26H32N6O3S/c1-4-32(28)22-10-8-19(18(3)24(22)27)12-20-9-7-17(2)21(30-20)13-31-14-26(15-34-16-26)35-25-23(36(31)33)6-5-11-29-25/h5-11H,4,12-16,27-28H2,1-3H3. The molecule has 0 radical (unpaired) electrons. The first-order chi connectivity index (χ1) is 17.3. The molecule has 9 nitrogen and oxygen atoms in total. The van der Waals surface area contributed by atoms with Gasteiger partial charge in [-0.2, -0.15) is 0 Å². The van der Waals surface area contributed by atoms with Crippen LogP contribution < -0.4 is 21.3 Å². The van der Waals surface area contributed by atoms with E-state index < -0.39 is 16.6 Å². The maximum atomic E-state index is 13.6. The summed E-state index contributed by atoms with van der Waals surface area (Å²) in [6, 6.07) is 11.7. The molecule has 5 rings (SSSR count). The van der Waals surface area contributed by atoms with E-state index >= 15 is 0 Å². The fourth-order valence-corrected chi connectivity index (χ4v) is 5.85. The molecule has 1 saturated heterocycles.